The van der Waals surface area contributed by atoms with Crippen molar-refractivity contribution in [1.29, 1.82) is 0 Å². The highest BCUT2D eigenvalue weighted by molar-refractivity contribution is 7.96. The normalized spacial score (nSPS) is 16.4. The number of carbonyl (C=O) groups excluding carboxylic acids is 2. The van der Waals surface area contributed by atoms with Crippen LogP contribution in [0.5, 0.6) is 11.5 Å². The second kappa shape index (κ2) is 8.95. The lowest BCUT2D eigenvalue weighted by Gasteiger charge is -2.26. The van der Waals surface area contributed by atoms with E-state index in [1.165, 1.54) is 0 Å². The SMILES string of the molecule is CCCN(C(=O)S)[C@H]1CC(=O)N(Cc2ccc(Oc3ccccc3)cc2)C1. The molecule has 142 valence electrons. The Bertz CT molecular complexity index is 780. The first-order valence-electron chi connectivity index (χ1n) is 9.16. The molecule has 0 N–H and O–H groups in total. The Labute approximate surface area is 165 Å². The Balaban J connectivity index is 1.60. The summed E-state index contributed by atoms with van der Waals surface area (Å²) in [7, 11) is 0. The highest BCUT2D eigenvalue weighted by atomic mass is 32.1. The third-order valence-electron chi connectivity index (χ3n) is 4.62. The fraction of sp³-hybridized carbons (Fsp3) is 0.333. The van der Waals surface area contributed by atoms with Crippen molar-refractivity contribution in [3.63, 3.8) is 0 Å². The number of nitrogens with zero attached hydrogens (tertiary/aromatic N) is 2. The minimum atomic E-state index is -0.265. The lowest BCUT2D eigenvalue weighted by Crippen LogP contribution is -2.39. The molecule has 1 saturated heterocycles. The van der Waals surface area contributed by atoms with E-state index in [9.17, 15) is 9.59 Å². The van der Waals surface area contributed by atoms with Crippen LogP contribution in [0.2, 0.25) is 0 Å². The van der Waals surface area contributed by atoms with Crippen molar-refractivity contribution in [2.24, 2.45) is 0 Å². The minimum absolute atomic E-state index is 0.0697. The van der Waals surface area contributed by atoms with Gasteiger partial charge in [0.1, 0.15) is 11.5 Å². The molecular weight excluding hydrogens is 360 g/mol. The van der Waals surface area contributed by atoms with Gasteiger partial charge in [0.25, 0.3) is 5.24 Å². The molecule has 1 aliphatic rings. The number of rotatable bonds is 7. The van der Waals surface area contributed by atoms with E-state index in [2.05, 4.69) is 12.6 Å². The quantitative estimate of drug-likeness (QED) is 0.723. The predicted octanol–water partition coefficient (Wildman–Crippen LogP) is 4.34. The molecule has 0 bridgehead atoms. The molecule has 0 spiro atoms. The molecule has 2 aromatic rings. The zero-order chi connectivity index (χ0) is 19.2. The van der Waals surface area contributed by atoms with Crippen LogP contribution in [0.15, 0.2) is 54.6 Å². The van der Waals surface area contributed by atoms with Crippen molar-refractivity contribution in [1.82, 2.24) is 9.80 Å². The molecule has 0 saturated carbocycles. The van der Waals surface area contributed by atoms with Gasteiger partial charge in [0.2, 0.25) is 5.91 Å². The number of carbonyl (C=O) groups is 2. The Kier molecular flexibility index (Phi) is 6.40. The van der Waals surface area contributed by atoms with Gasteiger partial charge in [-0.2, -0.15) is 0 Å². The zero-order valence-corrected chi connectivity index (χ0v) is 16.3. The van der Waals surface area contributed by atoms with Crippen molar-refractivity contribution >= 4 is 23.8 Å². The molecule has 6 heteroatoms. The molecule has 0 radical (unpaired) electrons. The molecule has 2 amide bonds. The second-order valence-corrected chi connectivity index (χ2v) is 7.05. The van der Waals surface area contributed by atoms with Crippen molar-refractivity contribution < 1.29 is 14.3 Å². The second-order valence-electron chi connectivity index (χ2n) is 6.67. The van der Waals surface area contributed by atoms with Crippen LogP contribution in [0.3, 0.4) is 0 Å². The van der Waals surface area contributed by atoms with E-state index in [4.69, 9.17) is 4.74 Å². The minimum Gasteiger partial charge on any atom is -0.457 e. The van der Waals surface area contributed by atoms with Crippen LogP contribution in [0.1, 0.15) is 25.3 Å². The predicted molar refractivity (Wildman–Crippen MR) is 108 cm³/mol. The van der Waals surface area contributed by atoms with E-state index >= 15 is 0 Å². The third-order valence-corrected chi connectivity index (χ3v) is 4.88. The average molecular weight is 385 g/mol. The molecule has 0 unspecified atom stereocenters. The third kappa shape index (κ3) is 5.04. The van der Waals surface area contributed by atoms with E-state index in [1.54, 1.807) is 9.80 Å². The summed E-state index contributed by atoms with van der Waals surface area (Å²) in [6.07, 6.45) is 1.21. The lowest BCUT2D eigenvalue weighted by atomic mass is 10.2. The molecule has 1 atom stereocenters. The summed E-state index contributed by atoms with van der Waals surface area (Å²) in [4.78, 5) is 27.6. The Hall–Kier alpha value is -2.47. The van der Waals surface area contributed by atoms with Crippen LogP contribution in [0.4, 0.5) is 4.79 Å². The van der Waals surface area contributed by atoms with E-state index in [0.717, 1.165) is 23.5 Å². The highest BCUT2D eigenvalue weighted by Crippen LogP contribution is 2.24. The summed E-state index contributed by atoms with van der Waals surface area (Å²) in [6, 6.07) is 17.2. The monoisotopic (exact) mass is 384 g/mol. The molecule has 27 heavy (non-hydrogen) atoms. The first-order chi connectivity index (χ1) is 13.1. The molecule has 0 aliphatic carbocycles. The first kappa shape index (κ1) is 19.3. The summed E-state index contributed by atoms with van der Waals surface area (Å²) >= 11 is 3.96. The molecule has 0 aromatic heterocycles. The van der Waals surface area contributed by atoms with Crippen molar-refractivity contribution in [3.8, 4) is 11.5 Å². The number of para-hydroxylation sites is 1. The van der Waals surface area contributed by atoms with E-state index in [-0.39, 0.29) is 17.2 Å². The van der Waals surface area contributed by atoms with Crippen molar-refractivity contribution in [2.45, 2.75) is 32.4 Å². The van der Waals surface area contributed by atoms with Gasteiger partial charge in [0, 0.05) is 26.1 Å². The topological polar surface area (TPSA) is 49.9 Å². The molecule has 1 fully saturated rings. The summed E-state index contributed by atoms with van der Waals surface area (Å²) in [6.45, 7) is 3.71. The molecule has 2 aromatic carbocycles. The maximum Gasteiger partial charge on any atom is 0.278 e. The largest absolute Gasteiger partial charge is 0.457 e. The zero-order valence-electron chi connectivity index (χ0n) is 15.4. The van der Waals surface area contributed by atoms with E-state index < -0.39 is 0 Å². The fourth-order valence-electron chi connectivity index (χ4n) is 3.30. The standard InChI is InChI=1S/C21H24N2O3S/c1-2-12-23(21(25)27)17-13-20(24)22(15-17)14-16-8-10-19(11-9-16)26-18-6-4-3-5-7-18/h3-11,17H,2,12-15H2,1H3,(H,25,27)/t17-/m0/s1. The van der Waals surface area contributed by atoms with Gasteiger partial charge < -0.3 is 14.5 Å². The Morgan fingerprint density at radius 2 is 1.81 bits per heavy atom. The van der Waals surface area contributed by atoms with E-state index in [1.807, 2.05) is 61.5 Å². The van der Waals surface area contributed by atoms with E-state index in [0.29, 0.717) is 26.1 Å². The maximum absolute atomic E-state index is 12.4. The number of amides is 2. The van der Waals surface area contributed by atoms with Gasteiger partial charge in [0.05, 0.1) is 6.04 Å². The summed E-state index contributed by atoms with van der Waals surface area (Å²) in [5.74, 6) is 1.61. The van der Waals surface area contributed by atoms with Gasteiger partial charge in [-0.3, -0.25) is 9.59 Å². The Morgan fingerprint density at radius 3 is 2.44 bits per heavy atom. The number of benzene rings is 2. The van der Waals surface area contributed by atoms with Crippen LogP contribution < -0.4 is 4.74 Å². The molecule has 1 aliphatic heterocycles. The molecule has 1 heterocycles. The van der Waals surface area contributed by atoms with Gasteiger partial charge in [-0.25, -0.2) is 0 Å². The summed E-state index contributed by atoms with van der Waals surface area (Å²) in [5.41, 5.74) is 1.03. The van der Waals surface area contributed by atoms with Crippen molar-refractivity contribution in [3.05, 3.63) is 60.2 Å². The van der Waals surface area contributed by atoms with Crippen LogP contribution in [-0.4, -0.2) is 40.1 Å². The Morgan fingerprint density at radius 1 is 1.15 bits per heavy atom. The van der Waals surface area contributed by atoms with Crippen molar-refractivity contribution in [2.75, 3.05) is 13.1 Å². The smallest absolute Gasteiger partial charge is 0.278 e. The van der Waals surface area contributed by atoms with Crippen LogP contribution in [0.25, 0.3) is 0 Å². The van der Waals surface area contributed by atoms with Gasteiger partial charge in [-0.15, -0.1) is 0 Å². The summed E-state index contributed by atoms with van der Waals surface area (Å²) in [5, 5.41) is -0.265. The number of hydrogen-bond acceptors (Lipinski definition) is 3. The summed E-state index contributed by atoms with van der Waals surface area (Å²) < 4.78 is 5.79. The highest BCUT2D eigenvalue weighted by Gasteiger charge is 2.34. The average Bonchev–Trinajstić information content (AvgIpc) is 3.02. The number of likely N-dealkylation sites (tertiary alicyclic amines) is 1. The van der Waals surface area contributed by atoms with Crippen LogP contribution in [0, 0.1) is 0 Å². The number of thiol groups is 1. The van der Waals surface area contributed by atoms with Crippen LogP contribution >= 0.6 is 12.6 Å². The molecule has 3 rings (SSSR count). The lowest BCUT2D eigenvalue weighted by molar-refractivity contribution is -0.128. The first-order valence-corrected chi connectivity index (χ1v) is 9.60. The number of hydrogen-bond donors (Lipinski definition) is 1. The van der Waals surface area contributed by atoms with Gasteiger partial charge in [0.15, 0.2) is 0 Å². The number of ether oxygens (including phenoxy) is 1. The van der Waals surface area contributed by atoms with Crippen LogP contribution in [-0.2, 0) is 11.3 Å². The molecular formula is C21H24N2O3S. The van der Waals surface area contributed by atoms with Gasteiger partial charge in [-0.1, -0.05) is 49.9 Å². The fourth-order valence-corrected chi connectivity index (χ4v) is 3.56. The van der Waals surface area contributed by atoms with Gasteiger partial charge >= 0.3 is 0 Å². The maximum atomic E-state index is 12.4. The van der Waals surface area contributed by atoms with Gasteiger partial charge in [-0.05, 0) is 36.2 Å². The molecule has 5 nitrogen and oxygen atoms in total.